The molecule has 1 N–H and O–H groups in total. The molecule has 1 aliphatic heterocycles. The number of halogens is 1. The summed E-state index contributed by atoms with van der Waals surface area (Å²) in [5.74, 6) is 0.473. The van der Waals surface area contributed by atoms with Crippen LogP contribution in [-0.4, -0.2) is 28.9 Å². The van der Waals surface area contributed by atoms with Gasteiger partial charge in [-0.2, -0.15) is 0 Å². The Morgan fingerprint density at radius 3 is 2.54 bits per heavy atom. The molecule has 1 aliphatic rings. The van der Waals surface area contributed by atoms with Gasteiger partial charge in [-0.1, -0.05) is 24.6 Å². The van der Waals surface area contributed by atoms with Crippen LogP contribution in [0.15, 0.2) is 42.5 Å². The van der Waals surface area contributed by atoms with Gasteiger partial charge in [0.25, 0.3) is 5.91 Å². The van der Waals surface area contributed by atoms with Gasteiger partial charge in [0.05, 0.1) is 0 Å². The van der Waals surface area contributed by atoms with Crippen molar-refractivity contribution in [3.8, 4) is 5.75 Å². The van der Waals surface area contributed by atoms with Crippen LogP contribution < -0.4 is 10.1 Å². The van der Waals surface area contributed by atoms with Crippen molar-refractivity contribution in [1.29, 1.82) is 0 Å². The lowest BCUT2D eigenvalue weighted by Gasteiger charge is -2.29. The lowest BCUT2D eigenvalue weighted by Crippen LogP contribution is -2.42. The van der Waals surface area contributed by atoms with Crippen molar-refractivity contribution in [3.63, 3.8) is 0 Å². The molecule has 148 valence electrons. The van der Waals surface area contributed by atoms with E-state index >= 15 is 0 Å². The zero-order valence-corrected chi connectivity index (χ0v) is 17.2. The second kappa shape index (κ2) is 8.23. The van der Waals surface area contributed by atoms with Crippen LogP contribution in [0.5, 0.6) is 5.75 Å². The minimum atomic E-state index is -1.06. The highest BCUT2D eigenvalue weighted by molar-refractivity contribution is 6.30. The van der Waals surface area contributed by atoms with E-state index in [0.717, 1.165) is 18.5 Å². The largest absolute Gasteiger partial charge is 0.478 e. The van der Waals surface area contributed by atoms with Crippen LogP contribution in [0.1, 0.15) is 38.3 Å². The molecule has 0 spiro atoms. The highest BCUT2D eigenvalue weighted by Gasteiger charge is 2.30. The van der Waals surface area contributed by atoms with Gasteiger partial charge in [0.15, 0.2) is 5.60 Å². The van der Waals surface area contributed by atoms with Gasteiger partial charge in [0.2, 0.25) is 5.91 Å². The molecule has 0 bridgehead atoms. The van der Waals surface area contributed by atoms with Crippen LogP contribution in [0, 0.1) is 0 Å². The van der Waals surface area contributed by atoms with Crippen LogP contribution in [0.25, 0.3) is 0 Å². The van der Waals surface area contributed by atoms with Crippen molar-refractivity contribution >= 4 is 29.1 Å². The van der Waals surface area contributed by atoms with Crippen molar-refractivity contribution < 1.29 is 14.3 Å². The molecule has 0 fully saturated rings. The molecule has 1 heterocycles. The van der Waals surface area contributed by atoms with Gasteiger partial charge in [-0.05, 0) is 67.8 Å². The minimum absolute atomic E-state index is 0.151. The Kier molecular flexibility index (Phi) is 5.94. The summed E-state index contributed by atoms with van der Waals surface area (Å²) in [6.45, 7) is 6.63. The smallest absolute Gasteiger partial charge is 0.267 e. The molecule has 0 unspecified atom stereocenters. The molecule has 3 rings (SSSR count). The predicted molar refractivity (Wildman–Crippen MR) is 111 cm³/mol. The quantitative estimate of drug-likeness (QED) is 0.807. The van der Waals surface area contributed by atoms with Gasteiger partial charge in [0, 0.05) is 30.2 Å². The van der Waals surface area contributed by atoms with Crippen molar-refractivity contribution in [1.82, 2.24) is 4.90 Å². The number of fused-ring (bicyclic) bond motifs is 1. The Bertz CT molecular complexity index is 878. The Labute approximate surface area is 170 Å². The molecule has 28 heavy (non-hydrogen) atoms. The van der Waals surface area contributed by atoms with E-state index in [4.69, 9.17) is 16.3 Å². The Balaban J connectivity index is 1.70. The number of hydrogen-bond acceptors (Lipinski definition) is 3. The van der Waals surface area contributed by atoms with Crippen LogP contribution >= 0.6 is 11.6 Å². The maximum absolute atomic E-state index is 12.8. The average molecular weight is 401 g/mol. The second-order valence-corrected chi connectivity index (χ2v) is 7.86. The number of ether oxygens (including phenoxy) is 1. The predicted octanol–water partition coefficient (Wildman–Crippen LogP) is 4.43. The normalized spacial score (nSPS) is 13.6. The molecule has 0 radical (unpaired) electrons. The van der Waals surface area contributed by atoms with E-state index < -0.39 is 5.60 Å². The number of benzene rings is 2. The summed E-state index contributed by atoms with van der Waals surface area (Å²) in [5.41, 5.74) is 1.92. The van der Waals surface area contributed by atoms with Gasteiger partial charge in [-0.3, -0.25) is 9.59 Å². The van der Waals surface area contributed by atoms with Crippen molar-refractivity contribution in [2.24, 2.45) is 0 Å². The van der Waals surface area contributed by atoms with Gasteiger partial charge >= 0.3 is 0 Å². The molecule has 0 aromatic heterocycles. The molecule has 2 aromatic rings. The van der Waals surface area contributed by atoms with Crippen molar-refractivity contribution in [3.05, 3.63) is 58.6 Å². The van der Waals surface area contributed by atoms with E-state index in [-0.39, 0.29) is 11.8 Å². The first kappa shape index (κ1) is 20.2. The van der Waals surface area contributed by atoms with Crippen LogP contribution in [0.2, 0.25) is 5.02 Å². The number of nitrogens with one attached hydrogen (secondary N) is 1. The van der Waals surface area contributed by atoms with E-state index in [1.165, 1.54) is 5.56 Å². The third kappa shape index (κ3) is 4.65. The summed E-state index contributed by atoms with van der Waals surface area (Å²) in [6.07, 6.45) is 1.34. The molecule has 2 amide bonds. The van der Waals surface area contributed by atoms with Gasteiger partial charge in [0.1, 0.15) is 5.75 Å². The van der Waals surface area contributed by atoms with E-state index in [9.17, 15) is 9.59 Å². The number of hydrogen-bond donors (Lipinski definition) is 1. The number of rotatable bonds is 5. The van der Waals surface area contributed by atoms with E-state index in [0.29, 0.717) is 29.4 Å². The van der Waals surface area contributed by atoms with Crippen LogP contribution in [0.4, 0.5) is 5.69 Å². The Morgan fingerprint density at radius 2 is 1.86 bits per heavy atom. The summed E-state index contributed by atoms with van der Waals surface area (Å²) in [4.78, 5) is 26.6. The second-order valence-electron chi connectivity index (χ2n) is 7.42. The number of anilines is 1. The third-order valence-electron chi connectivity index (χ3n) is 4.87. The average Bonchev–Trinajstić information content (AvgIpc) is 2.68. The van der Waals surface area contributed by atoms with E-state index in [1.807, 2.05) is 30.0 Å². The summed E-state index contributed by atoms with van der Waals surface area (Å²) >= 11 is 5.89. The molecule has 0 aliphatic carbocycles. The number of carbonyl (C=O) groups is 2. The maximum atomic E-state index is 12.8. The molecule has 5 nitrogen and oxygen atoms in total. The fourth-order valence-electron chi connectivity index (χ4n) is 3.20. The fourth-order valence-corrected chi connectivity index (χ4v) is 3.32. The topological polar surface area (TPSA) is 58.6 Å². The monoisotopic (exact) mass is 400 g/mol. The third-order valence-corrected chi connectivity index (χ3v) is 5.12. The summed E-state index contributed by atoms with van der Waals surface area (Å²) < 4.78 is 5.84. The highest BCUT2D eigenvalue weighted by Crippen LogP contribution is 2.25. The first-order valence-electron chi connectivity index (χ1n) is 9.44. The lowest BCUT2D eigenvalue weighted by atomic mass is 9.98. The van der Waals surface area contributed by atoms with Crippen LogP contribution in [0.3, 0.4) is 0 Å². The molecule has 0 saturated carbocycles. The molecule has 6 heteroatoms. The standard InChI is InChI=1S/C22H25ClN2O3/c1-4-20(26)25-12-11-15-5-8-18(13-16(15)14-25)24-21(27)22(2,3)28-19-9-6-17(23)7-10-19/h5-10,13H,4,11-12,14H2,1-3H3,(H,24,27). The van der Waals surface area contributed by atoms with Crippen molar-refractivity contribution in [2.45, 2.75) is 45.8 Å². The van der Waals surface area contributed by atoms with Crippen LogP contribution in [-0.2, 0) is 22.6 Å². The summed E-state index contributed by atoms with van der Waals surface area (Å²) in [5, 5.41) is 3.54. The Hall–Kier alpha value is -2.53. The zero-order valence-electron chi connectivity index (χ0n) is 16.4. The van der Waals surface area contributed by atoms with Crippen molar-refractivity contribution in [2.75, 3.05) is 11.9 Å². The maximum Gasteiger partial charge on any atom is 0.267 e. The molecule has 0 atom stereocenters. The molecule has 0 saturated heterocycles. The zero-order chi connectivity index (χ0) is 20.3. The molecular formula is C22H25ClN2O3. The lowest BCUT2D eigenvalue weighted by molar-refractivity contribution is -0.131. The fraction of sp³-hybridized carbons (Fsp3) is 0.364. The molecular weight excluding hydrogens is 376 g/mol. The van der Waals surface area contributed by atoms with Gasteiger partial charge in [-0.25, -0.2) is 0 Å². The first-order chi connectivity index (χ1) is 13.3. The summed E-state index contributed by atoms with van der Waals surface area (Å²) in [7, 11) is 0. The van der Waals surface area contributed by atoms with E-state index in [2.05, 4.69) is 5.32 Å². The first-order valence-corrected chi connectivity index (χ1v) is 9.82. The Morgan fingerprint density at radius 1 is 1.14 bits per heavy atom. The number of carbonyl (C=O) groups excluding carboxylic acids is 2. The minimum Gasteiger partial charge on any atom is -0.478 e. The van der Waals surface area contributed by atoms with Gasteiger partial charge < -0.3 is 15.0 Å². The van der Waals surface area contributed by atoms with Gasteiger partial charge in [-0.15, -0.1) is 0 Å². The molecule has 2 aromatic carbocycles. The number of nitrogens with zero attached hydrogens (tertiary/aromatic N) is 1. The number of amides is 2. The highest BCUT2D eigenvalue weighted by atomic mass is 35.5. The van der Waals surface area contributed by atoms with E-state index in [1.54, 1.807) is 38.1 Å². The SMILES string of the molecule is CCC(=O)N1CCc2ccc(NC(=O)C(C)(C)Oc3ccc(Cl)cc3)cc2C1. The summed E-state index contributed by atoms with van der Waals surface area (Å²) in [6, 6.07) is 12.8.